The second-order valence-electron chi connectivity index (χ2n) is 7.06. The van der Waals surface area contributed by atoms with Gasteiger partial charge in [0, 0.05) is 30.8 Å². The van der Waals surface area contributed by atoms with Crippen LogP contribution in [0.2, 0.25) is 5.15 Å². The molecule has 1 aliphatic rings. The van der Waals surface area contributed by atoms with Crippen molar-refractivity contribution in [3.05, 3.63) is 21.7 Å². The molecule has 9 nitrogen and oxygen atoms in total. The van der Waals surface area contributed by atoms with Gasteiger partial charge in [0.05, 0.1) is 12.2 Å². The summed E-state index contributed by atoms with van der Waals surface area (Å²) in [5.74, 6) is 0.152. The predicted octanol–water partition coefficient (Wildman–Crippen LogP) is 4.22. The molecule has 2 rings (SSSR count). The first-order valence-electron chi connectivity index (χ1n) is 8.11. The zero-order valence-corrected chi connectivity index (χ0v) is 15.6. The lowest BCUT2D eigenvalue weighted by Crippen LogP contribution is -2.48. The number of hydrogen-bond acceptors (Lipinski definition) is 6. The van der Waals surface area contributed by atoms with Crippen molar-refractivity contribution in [2.24, 2.45) is 5.11 Å². The Balaban J connectivity index is 1.94. The Morgan fingerprint density at radius 2 is 2.15 bits per heavy atom. The fourth-order valence-corrected chi connectivity index (χ4v) is 2.59. The average Bonchev–Trinajstić information content (AvgIpc) is 2.53. The molecule has 1 aliphatic heterocycles. The monoisotopic (exact) mass is 385 g/mol. The van der Waals surface area contributed by atoms with Crippen molar-refractivity contribution >= 4 is 29.2 Å². The number of rotatable bonds is 4. The van der Waals surface area contributed by atoms with Gasteiger partial charge >= 0.3 is 6.09 Å². The van der Waals surface area contributed by atoms with E-state index in [-0.39, 0.29) is 49.1 Å². The number of amides is 1. The maximum atomic E-state index is 15.0. The summed E-state index contributed by atoms with van der Waals surface area (Å²) in [5.41, 5.74) is 6.60. The van der Waals surface area contributed by atoms with E-state index in [9.17, 15) is 4.79 Å². The van der Waals surface area contributed by atoms with E-state index in [1.165, 1.54) is 11.0 Å². The molecule has 0 spiro atoms. The van der Waals surface area contributed by atoms with Crippen molar-refractivity contribution in [2.75, 3.05) is 25.0 Å². The van der Waals surface area contributed by atoms with Crippen LogP contribution in [0.25, 0.3) is 10.4 Å². The number of aromatic nitrogens is 2. The average molecular weight is 386 g/mol. The molecule has 0 atom stereocenters. The van der Waals surface area contributed by atoms with Gasteiger partial charge in [-0.3, -0.25) is 0 Å². The van der Waals surface area contributed by atoms with Gasteiger partial charge in [0.2, 0.25) is 0 Å². The molecule has 11 heteroatoms. The fraction of sp³-hybridized carbons (Fsp3) is 0.667. The molecular weight excluding hydrogens is 365 g/mol. The lowest BCUT2D eigenvalue weighted by Gasteiger charge is -2.37. The van der Waals surface area contributed by atoms with Gasteiger partial charge in [0.15, 0.2) is 11.0 Å². The largest absolute Gasteiger partial charge is 0.444 e. The third kappa shape index (κ3) is 5.60. The van der Waals surface area contributed by atoms with Gasteiger partial charge < -0.3 is 15.0 Å². The topological polar surface area (TPSA) is 116 Å². The first-order valence-corrected chi connectivity index (χ1v) is 8.49. The Morgan fingerprint density at radius 1 is 1.50 bits per heavy atom. The van der Waals surface area contributed by atoms with Gasteiger partial charge in [0.1, 0.15) is 11.3 Å². The highest BCUT2D eigenvalue weighted by Crippen LogP contribution is 2.30. The molecule has 1 amide bonds. The smallest absolute Gasteiger partial charge is 0.410 e. The van der Waals surface area contributed by atoms with Crippen molar-refractivity contribution in [3.63, 3.8) is 0 Å². The van der Waals surface area contributed by atoms with Crippen molar-refractivity contribution in [3.8, 4) is 0 Å². The highest BCUT2D eigenvalue weighted by molar-refractivity contribution is 6.29. The number of hydrogen-bond donors (Lipinski definition) is 1. The molecule has 0 bridgehead atoms. The van der Waals surface area contributed by atoms with E-state index in [4.69, 9.17) is 21.9 Å². The minimum atomic E-state index is -1.53. The number of halogens is 2. The van der Waals surface area contributed by atoms with Crippen molar-refractivity contribution in [2.45, 2.75) is 44.9 Å². The molecule has 2 heterocycles. The van der Waals surface area contributed by atoms with Crippen molar-refractivity contribution in [1.29, 1.82) is 0 Å². The minimum absolute atomic E-state index is 0.0561. The molecule has 1 saturated heterocycles. The van der Waals surface area contributed by atoms with Gasteiger partial charge in [-0.15, -0.1) is 10.2 Å². The van der Waals surface area contributed by atoms with Crippen molar-refractivity contribution in [1.82, 2.24) is 15.1 Å². The van der Waals surface area contributed by atoms with E-state index in [1.807, 2.05) is 0 Å². The molecule has 142 valence electrons. The lowest BCUT2D eigenvalue weighted by atomic mass is 9.93. The summed E-state index contributed by atoms with van der Waals surface area (Å²) in [7, 11) is 0. The van der Waals surface area contributed by atoms with Crippen LogP contribution in [0.1, 0.15) is 33.6 Å². The molecule has 0 aromatic carbocycles. The maximum absolute atomic E-state index is 15.0. The van der Waals surface area contributed by atoms with E-state index >= 15 is 4.39 Å². The second kappa shape index (κ2) is 7.92. The number of nitrogens with zero attached hydrogens (tertiary/aromatic N) is 6. The molecular formula is C15H21ClFN7O2. The number of anilines is 1. The van der Waals surface area contributed by atoms with Crippen LogP contribution in [-0.2, 0) is 4.74 Å². The van der Waals surface area contributed by atoms with Crippen LogP contribution >= 0.6 is 11.6 Å². The summed E-state index contributed by atoms with van der Waals surface area (Å²) in [5, 5.41) is 13.8. The second-order valence-corrected chi connectivity index (χ2v) is 7.45. The van der Waals surface area contributed by atoms with Crippen LogP contribution in [0.3, 0.4) is 0 Å². The Hall–Kier alpha value is -2.32. The van der Waals surface area contributed by atoms with E-state index in [0.717, 1.165) is 0 Å². The number of carbonyl (C=O) groups is 1. The van der Waals surface area contributed by atoms with Gasteiger partial charge in [-0.1, -0.05) is 16.7 Å². The molecule has 0 saturated carbocycles. The summed E-state index contributed by atoms with van der Waals surface area (Å²) in [6.45, 7) is 5.80. The number of ether oxygens (including phenoxy) is 1. The Labute approximate surface area is 155 Å². The SMILES string of the molecule is CC(C)(C)OC(=O)N1CCC(F)(CNc2nnc(Cl)cc2N=[N+]=[N-])CC1. The van der Waals surface area contributed by atoms with Crippen LogP contribution in [0.4, 0.5) is 20.7 Å². The number of carbonyl (C=O) groups excluding carboxylic acids is 1. The number of nitrogens with one attached hydrogen (secondary N) is 1. The zero-order valence-electron chi connectivity index (χ0n) is 14.9. The molecule has 0 radical (unpaired) electrons. The van der Waals surface area contributed by atoms with Gasteiger partial charge in [0.25, 0.3) is 0 Å². The van der Waals surface area contributed by atoms with Crippen LogP contribution in [0.5, 0.6) is 0 Å². The summed E-state index contributed by atoms with van der Waals surface area (Å²) < 4.78 is 20.3. The summed E-state index contributed by atoms with van der Waals surface area (Å²) >= 11 is 5.71. The van der Waals surface area contributed by atoms with E-state index < -0.39 is 17.4 Å². The molecule has 0 aliphatic carbocycles. The van der Waals surface area contributed by atoms with Gasteiger partial charge in [-0.25, -0.2) is 9.18 Å². The lowest BCUT2D eigenvalue weighted by molar-refractivity contribution is 0.00575. The minimum Gasteiger partial charge on any atom is -0.444 e. The normalized spacial score (nSPS) is 16.6. The first kappa shape index (κ1) is 20.0. The molecule has 1 aromatic heterocycles. The number of azide groups is 1. The van der Waals surface area contributed by atoms with Gasteiger partial charge in [-0.2, -0.15) is 0 Å². The van der Waals surface area contributed by atoms with E-state index in [2.05, 4.69) is 25.5 Å². The maximum Gasteiger partial charge on any atom is 0.410 e. The quantitative estimate of drug-likeness (QED) is 0.473. The Bertz CT molecular complexity index is 710. The number of likely N-dealkylation sites (tertiary alicyclic amines) is 1. The van der Waals surface area contributed by atoms with Crippen LogP contribution in [0, 0.1) is 0 Å². The summed E-state index contributed by atoms with van der Waals surface area (Å²) in [4.78, 5) is 16.2. The summed E-state index contributed by atoms with van der Waals surface area (Å²) in [6, 6.07) is 1.34. The Kier molecular flexibility index (Phi) is 6.09. The van der Waals surface area contributed by atoms with E-state index in [1.54, 1.807) is 20.8 Å². The first-order chi connectivity index (χ1) is 12.1. The third-order valence-corrected chi connectivity index (χ3v) is 3.97. The molecule has 26 heavy (non-hydrogen) atoms. The summed E-state index contributed by atoms with van der Waals surface area (Å²) in [6.07, 6.45) is -0.143. The standard InChI is InChI=1S/C15H21ClFN7O2/c1-14(2,3)26-13(25)24-6-4-15(17,5-7-24)9-19-12-10(20-23-18)8-11(16)21-22-12/h8H,4-7,9H2,1-3H3,(H,19,22). The molecule has 1 aromatic rings. The Morgan fingerprint density at radius 3 is 2.73 bits per heavy atom. The van der Waals surface area contributed by atoms with Crippen molar-refractivity contribution < 1.29 is 13.9 Å². The van der Waals surface area contributed by atoms with Crippen LogP contribution in [-0.4, -0.2) is 52.1 Å². The van der Waals surface area contributed by atoms with E-state index in [0.29, 0.717) is 0 Å². The van der Waals surface area contributed by atoms with Crippen LogP contribution < -0.4 is 5.32 Å². The molecule has 1 N–H and O–H groups in total. The highest BCUT2D eigenvalue weighted by atomic mass is 35.5. The number of alkyl halides is 1. The predicted molar refractivity (Wildman–Crippen MR) is 95.2 cm³/mol. The highest BCUT2D eigenvalue weighted by Gasteiger charge is 2.37. The zero-order chi connectivity index (χ0) is 19.4. The fourth-order valence-electron chi connectivity index (χ4n) is 2.44. The third-order valence-electron chi connectivity index (χ3n) is 3.78. The van der Waals surface area contributed by atoms with Gasteiger partial charge in [-0.05, 0) is 32.4 Å². The molecule has 1 fully saturated rings. The van der Waals surface area contributed by atoms with Crippen LogP contribution in [0.15, 0.2) is 11.2 Å². The number of piperidine rings is 1. The molecule has 0 unspecified atom stereocenters.